The molecule has 0 saturated carbocycles. The molecular formula is C59H116N2O6P+. The van der Waals surface area contributed by atoms with Gasteiger partial charge in [0.15, 0.2) is 0 Å². The van der Waals surface area contributed by atoms with E-state index in [0.29, 0.717) is 17.4 Å². The number of aliphatic hydroxyl groups is 1. The fourth-order valence-corrected chi connectivity index (χ4v) is 9.45. The summed E-state index contributed by atoms with van der Waals surface area (Å²) in [5.74, 6) is -0.187. The van der Waals surface area contributed by atoms with Crippen LogP contribution in [0.5, 0.6) is 0 Å². The van der Waals surface area contributed by atoms with E-state index in [2.05, 4.69) is 43.5 Å². The number of carbonyl (C=O) groups excluding carboxylic acids is 1. The number of aliphatic hydroxyl groups excluding tert-OH is 1. The van der Waals surface area contributed by atoms with Crippen molar-refractivity contribution in [3.63, 3.8) is 0 Å². The molecule has 0 rings (SSSR count). The normalized spacial score (nSPS) is 14.2. The lowest BCUT2D eigenvalue weighted by molar-refractivity contribution is -0.870. The van der Waals surface area contributed by atoms with Gasteiger partial charge in [-0.05, 0) is 51.4 Å². The van der Waals surface area contributed by atoms with Gasteiger partial charge in [0, 0.05) is 6.42 Å². The topological polar surface area (TPSA) is 105 Å². The number of nitrogens with zero attached hydrogens (tertiary/aromatic N) is 1. The van der Waals surface area contributed by atoms with Crippen LogP contribution in [0.3, 0.4) is 0 Å². The Balaban J connectivity index is 3.72. The van der Waals surface area contributed by atoms with Crippen molar-refractivity contribution in [3.8, 4) is 0 Å². The number of quaternary nitrogens is 1. The minimum absolute atomic E-state index is 0.0570. The molecule has 1 amide bonds. The summed E-state index contributed by atoms with van der Waals surface area (Å²) in [6.45, 7) is 4.70. The number of phosphoric ester groups is 1. The lowest BCUT2D eigenvalue weighted by Gasteiger charge is -2.25. The highest BCUT2D eigenvalue weighted by Crippen LogP contribution is 2.43. The molecule has 8 nitrogen and oxygen atoms in total. The highest BCUT2D eigenvalue weighted by molar-refractivity contribution is 7.47. The van der Waals surface area contributed by atoms with Gasteiger partial charge in [-0.1, -0.05) is 262 Å². The average Bonchev–Trinajstić information content (AvgIpc) is 3.30. The zero-order valence-electron chi connectivity index (χ0n) is 45.9. The summed E-state index contributed by atoms with van der Waals surface area (Å²) in [4.78, 5) is 23.1. The molecule has 0 aliphatic carbocycles. The lowest BCUT2D eigenvalue weighted by Crippen LogP contribution is -2.45. The molecule has 3 N–H and O–H groups in total. The van der Waals surface area contributed by atoms with Crippen LogP contribution < -0.4 is 5.32 Å². The highest BCUT2D eigenvalue weighted by atomic mass is 31.2. The van der Waals surface area contributed by atoms with Crippen LogP contribution in [0.4, 0.5) is 0 Å². The summed E-state index contributed by atoms with van der Waals surface area (Å²) < 4.78 is 23.5. The van der Waals surface area contributed by atoms with E-state index in [1.165, 1.54) is 218 Å². The van der Waals surface area contributed by atoms with Gasteiger partial charge in [-0.15, -0.1) is 0 Å². The van der Waals surface area contributed by atoms with E-state index in [-0.39, 0.29) is 19.1 Å². The predicted octanol–water partition coefficient (Wildman–Crippen LogP) is 17.8. The van der Waals surface area contributed by atoms with E-state index in [1.54, 1.807) is 6.08 Å². The Morgan fingerprint density at radius 3 is 1.24 bits per heavy atom. The maximum Gasteiger partial charge on any atom is 0.472 e. The molecule has 0 fully saturated rings. The molecule has 0 spiro atoms. The quantitative estimate of drug-likeness (QED) is 0.0243. The zero-order valence-corrected chi connectivity index (χ0v) is 46.8. The van der Waals surface area contributed by atoms with Crippen LogP contribution >= 0.6 is 7.82 Å². The third-order valence-corrected chi connectivity index (χ3v) is 14.3. The molecule has 0 aromatic carbocycles. The van der Waals surface area contributed by atoms with Gasteiger partial charge in [0.2, 0.25) is 5.91 Å². The predicted molar refractivity (Wildman–Crippen MR) is 295 cm³/mol. The second-order valence-corrected chi connectivity index (χ2v) is 22.8. The number of rotatable bonds is 54. The first kappa shape index (κ1) is 66.7. The van der Waals surface area contributed by atoms with E-state index in [0.717, 1.165) is 44.9 Å². The maximum absolute atomic E-state index is 12.9. The first-order valence-electron chi connectivity index (χ1n) is 29.4. The number of hydrogen-bond donors (Lipinski definition) is 3. The van der Waals surface area contributed by atoms with E-state index < -0.39 is 20.0 Å². The maximum atomic E-state index is 12.9. The molecule has 0 aromatic heterocycles. The Morgan fingerprint density at radius 2 is 0.838 bits per heavy atom. The highest BCUT2D eigenvalue weighted by Gasteiger charge is 2.27. The van der Waals surface area contributed by atoms with Crippen LogP contribution in [-0.2, 0) is 18.4 Å². The summed E-state index contributed by atoms with van der Waals surface area (Å²) in [6, 6.07) is -0.858. The number of carbonyl (C=O) groups is 1. The van der Waals surface area contributed by atoms with Crippen molar-refractivity contribution in [2.24, 2.45) is 0 Å². The first-order chi connectivity index (χ1) is 33.0. The smallest absolute Gasteiger partial charge is 0.387 e. The Bertz CT molecular complexity index is 1200. The standard InChI is InChI=1S/C59H115N2O6P/c1-6-8-10-12-14-15-16-17-18-19-20-21-22-23-24-25-26-27-28-29-30-31-32-33-34-35-36-37-38-39-40-41-42-43-44-45-47-49-51-53-59(63)60-57(58(62)52-50-48-46-13-11-9-7-2)56-67-68(64,65)66-55-54-61(3,4)5/h11,13,19-20,50,52,57-58,62H,6-10,12,14-18,21-49,51,53-56H2,1-5H3,(H-,60,63,64,65)/p+1/b13-11+,20-19-,52-50+. The number of amides is 1. The molecule has 0 heterocycles. The second kappa shape index (κ2) is 50.7. The van der Waals surface area contributed by atoms with Crippen molar-refractivity contribution < 1.29 is 32.9 Å². The number of phosphoric acid groups is 1. The third-order valence-electron chi connectivity index (χ3n) is 13.3. The molecule has 0 aliphatic heterocycles. The molecule has 68 heavy (non-hydrogen) atoms. The van der Waals surface area contributed by atoms with Crippen molar-refractivity contribution in [1.82, 2.24) is 5.32 Å². The van der Waals surface area contributed by atoms with Crippen molar-refractivity contribution in [2.75, 3.05) is 40.9 Å². The second-order valence-electron chi connectivity index (χ2n) is 21.4. The molecule has 0 aliphatic rings. The molecular weight excluding hydrogens is 864 g/mol. The lowest BCUT2D eigenvalue weighted by atomic mass is 10.0. The number of unbranched alkanes of at least 4 members (excludes halogenated alkanes) is 37. The summed E-state index contributed by atoms with van der Waals surface area (Å²) in [5, 5.41) is 13.7. The summed E-state index contributed by atoms with van der Waals surface area (Å²) in [7, 11) is 1.56. The van der Waals surface area contributed by atoms with E-state index in [1.807, 2.05) is 27.2 Å². The molecule has 3 atom stereocenters. The zero-order chi connectivity index (χ0) is 49.9. The van der Waals surface area contributed by atoms with Crippen molar-refractivity contribution in [3.05, 3.63) is 36.5 Å². The Labute approximate surface area is 423 Å². The average molecular weight is 981 g/mol. The van der Waals surface area contributed by atoms with Gasteiger partial charge >= 0.3 is 7.82 Å². The summed E-state index contributed by atoms with van der Waals surface area (Å²) in [6.07, 6.45) is 66.2. The van der Waals surface area contributed by atoms with Crippen molar-refractivity contribution in [2.45, 2.75) is 296 Å². The van der Waals surface area contributed by atoms with Gasteiger partial charge in [-0.25, -0.2) is 4.57 Å². The first-order valence-corrected chi connectivity index (χ1v) is 30.9. The van der Waals surface area contributed by atoms with Crippen LogP contribution in [-0.4, -0.2) is 73.4 Å². The van der Waals surface area contributed by atoms with Gasteiger partial charge in [0.25, 0.3) is 0 Å². The van der Waals surface area contributed by atoms with Crippen LogP contribution in [0.25, 0.3) is 0 Å². The van der Waals surface area contributed by atoms with Crippen LogP contribution in [0, 0.1) is 0 Å². The molecule has 0 radical (unpaired) electrons. The number of nitrogens with one attached hydrogen (secondary N) is 1. The molecule has 3 unspecified atom stereocenters. The number of hydrogen-bond acceptors (Lipinski definition) is 5. The van der Waals surface area contributed by atoms with Gasteiger partial charge in [0.1, 0.15) is 13.2 Å². The minimum atomic E-state index is -4.34. The Hall–Kier alpha value is -1.28. The van der Waals surface area contributed by atoms with Crippen LogP contribution in [0.2, 0.25) is 0 Å². The Morgan fingerprint density at radius 1 is 0.485 bits per heavy atom. The SMILES string of the molecule is CCC/C=C/CC/C=C/C(O)C(COP(=O)(O)OCC[N+](C)(C)C)NC(=O)CCCCCCCCCCCCCCCCCCCCCCCCCCCCC/C=C\CCCCCCCCCC. The van der Waals surface area contributed by atoms with Gasteiger partial charge in [0.05, 0.1) is 39.9 Å². The molecule has 0 bridgehead atoms. The van der Waals surface area contributed by atoms with Gasteiger partial charge in [-0.2, -0.15) is 0 Å². The fraction of sp³-hybridized carbons (Fsp3) is 0.881. The van der Waals surface area contributed by atoms with Crippen molar-refractivity contribution in [1.29, 1.82) is 0 Å². The van der Waals surface area contributed by atoms with E-state index in [9.17, 15) is 19.4 Å². The molecule has 0 aromatic rings. The van der Waals surface area contributed by atoms with Gasteiger partial charge < -0.3 is 19.8 Å². The monoisotopic (exact) mass is 980 g/mol. The molecule has 0 saturated heterocycles. The summed E-state index contributed by atoms with van der Waals surface area (Å²) in [5.41, 5.74) is 0. The number of allylic oxidation sites excluding steroid dienone is 5. The van der Waals surface area contributed by atoms with E-state index >= 15 is 0 Å². The van der Waals surface area contributed by atoms with Crippen LogP contribution in [0.1, 0.15) is 284 Å². The van der Waals surface area contributed by atoms with Crippen LogP contribution in [0.15, 0.2) is 36.5 Å². The summed E-state index contributed by atoms with van der Waals surface area (Å²) >= 11 is 0. The van der Waals surface area contributed by atoms with E-state index in [4.69, 9.17) is 9.05 Å². The number of likely N-dealkylation sites (N-methyl/N-ethyl adjacent to an activating group) is 1. The largest absolute Gasteiger partial charge is 0.472 e. The Kier molecular flexibility index (Phi) is 49.7. The van der Waals surface area contributed by atoms with Crippen molar-refractivity contribution >= 4 is 13.7 Å². The fourth-order valence-electron chi connectivity index (χ4n) is 8.71. The van der Waals surface area contributed by atoms with Gasteiger partial charge in [-0.3, -0.25) is 13.8 Å². The minimum Gasteiger partial charge on any atom is -0.387 e. The molecule has 402 valence electrons. The third kappa shape index (κ3) is 52.5. The molecule has 9 heteroatoms.